The van der Waals surface area contributed by atoms with E-state index in [2.05, 4.69) is 40.2 Å². The summed E-state index contributed by atoms with van der Waals surface area (Å²) < 4.78 is 5.39. The second-order valence-corrected chi connectivity index (χ2v) is 7.65. The van der Waals surface area contributed by atoms with Gasteiger partial charge in [-0.3, -0.25) is 14.6 Å². The molecule has 0 unspecified atom stereocenters. The molecule has 1 heterocycles. The highest BCUT2D eigenvalue weighted by molar-refractivity contribution is 5.92. The molecule has 2 aromatic rings. The summed E-state index contributed by atoms with van der Waals surface area (Å²) in [5.74, 6) is -0.0157. The highest BCUT2D eigenvalue weighted by Crippen LogP contribution is 2.13. The topological polar surface area (TPSA) is 68.6 Å². The average Bonchev–Trinajstić information content (AvgIpc) is 2.76. The number of carbonyl (C=O) groups excluding carboxylic acids is 1. The minimum Gasteiger partial charge on any atom is -0.379 e. The molecule has 0 aliphatic carbocycles. The van der Waals surface area contributed by atoms with Gasteiger partial charge in [-0.2, -0.15) is 5.26 Å². The van der Waals surface area contributed by atoms with E-state index in [1.807, 2.05) is 36.4 Å². The van der Waals surface area contributed by atoms with E-state index in [0.717, 1.165) is 57.1 Å². The van der Waals surface area contributed by atoms with Crippen molar-refractivity contribution in [3.05, 3.63) is 65.2 Å². The standard InChI is InChI=1S/C24H30N4O2/c1-2-11-28(18-21-5-3-20(16-25)4-6-21)19-24(29)26-23-9-7-22(8-10-23)17-27-12-14-30-15-13-27/h3-10H,2,11-15,17-19H2,1H3,(H,26,29). The molecule has 0 radical (unpaired) electrons. The number of anilines is 1. The van der Waals surface area contributed by atoms with Crippen molar-refractivity contribution in [3.63, 3.8) is 0 Å². The first-order chi connectivity index (χ1) is 14.7. The van der Waals surface area contributed by atoms with Crippen molar-refractivity contribution in [2.75, 3.05) is 44.7 Å². The molecule has 0 bridgehead atoms. The van der Waals surface area contributed by atoms with Gasteiger partial charge in [0, 0.05) is 31.9 Å². The molecule has 1 aliphatic heterocycles. The number of nitrogens with zero attached hydrogens (tertiary/aromatic N) is 3. The Balaban J connectivity index is 1.51. The van der Waals surface area contributed by atoms with Gasteiger partial charge in [0.15, 0.2) is 0 Å². The second-order valence-electron chi connectivity index (χ2n) is 7.65. The number of nitrogens with one attached hydrogen (secondary N) is 1. The summed E-state index contributed by atoms with van der Waals surface area (Å²) in [5.41, 5.74) is 3.81. The van der Waals surface area contributed by atoms with E-state index in [9.17, 15) is 4.79 Å². The van der Waals surface area contributed by atoms with Gasteiger partial charge in [0.2, 0.25) is 5.91 Å². The van der Waals surface area contributed by atoms with Gasteiger partial charge in [0.05, 0.1) is 31.4 Å². The number of amides is 1. The lowest BCUT2D eigenvalue weighted by Gasteiger charge is -2.26. The molecule has 1 N–H and O–H groups in total. The molecule has 158 valence electrons. The smallest absolute Gasteiger partial charge is 0.238 e. The first-order valence-corrected chi connectivity index (χ1v) is 10.6. The Morgan fingerprint density at radius 1 is 1.10 bits per heavy atom. The predicted octanol–water partition coefficient (Wildman–Crippen LogP) is 3.24. The van der Waals surface area contributed by atoms with Crippen LogP contribution >= 0.6 is 0 Å². The third-order valence-corrected chi connectivity index (χ3v) is 5.14. The van der Waals surface area contributed by atoms with Crippen molar-refractivity contribution in [1.29, 1.82) is 5.26 Å². The van der Waals surface area contributed by atoms with Crippen molar-refractivity contribution in [2.45, 2.75) is 26.4 Å². The van der Waals surface area contributed by atoms with Gasteiger partial charge in [-0.05, 0) is 48.4 Å². The maximum absolute atomic E-state index is 12.6. The van der Waals surface area contributed by atoms with Crippen LogP contribution in [-0.4, -0.2) is 55.1 Å². The lowest BCUT2D eigenvalue weighted by molar-refractivity contribution is -0.117. The number of rotatable bonds is 9. The monoisotopic (exact) mass is 406 g/mol. The molecule has 1 aliphatic rings. The number of benzene rings is 2. The molecule has 0 spiro atoms. The number of morpholine rings is 1. The van der Waals surface area contributed by atoms with Gasteiger partial charge in [-0.1, -0.05) is 31.2 Å². The van der Waals surface area contributed by atoms with Crippen molar-refractivity contribution >= 4 is 11.6 Å². The third kappa shape index (κ3) is 6.96. The zero-order valence-corrected chi connectivity index (χ0v) is 17.6. The molecule has 3 rings (SSSR count). The van der Waals surface area contributed by atoms with Gasteiger partial charge >= 0.3 is 0 Å². The Morgan fingerprint density at radius 2 is 1.77 bits per heavy atom. The van der Waals surface area contributed by atoms with E-state index >= 15 is 0 Å². The van der Waals surface area contributed by atoms with Gasteiger partial charge < -0.3 is 10.1 Å². The molecule has 6 nitrogen and oxygen atoms in total. The quantitative estimate of drug-likeness (QED) is 0.692. The maximum atomic E-state index is 12.6. The van der Waals surface area contributed by atoms with Crippen molar-refractivity contribution in [3.8, 4) is 6.07 Å². The lowest BCUT2D eigenvalue weighted by Crippen LogP contribution is -2.35. The summed E-state index contributed by atoms with van der Waals surface area (Å²) in [7, 11) is 0. The fourth-order valence-corrected chi connectivity index (χ4v) is 3.59. The molecule has 0 aromatic heterocycles. The highest BCUT2D eigenvalue weighted by Gasteiger charge is 2.13. The molecule has 1 amide bonds. The molecule has 0 atom stereocenters. The van der Waals surface area contributed by atoms with E-state index in [1.54, 1.807) is 0 Å². The van der Waals surface area contributed by atoms with Crippen LogP contribution in [0.3, 0.4) is 0 Å². The Kier molecular flexibility index (Phi) is 8.40. The Morgan fingerprint density at radius 3 is 2.40 bits per heavy atom. The zero-order valence-electron chi connectivity index (χ0n) is 17.6. The number of hydrogen-bond acceptors (Lipinski definition) is 5. The molecular formula is C24H30N4O2. The highest BCUT2D eigenvalue weighted by atomic mass is 16.5. The van der Waals surface area contributed by atoms with Crippen LogP contribution in [0.5, 0.6) is 0 Å². The Hall–Kier alpha value is -2.72. The molecule has 0 saturated carbocycles. The average molecular weight is 407 g/mol. The number of nitriles is 1. The summed E-state index contributed by atoms with van der Waals surface area (Å²) in [5, 5.41) is 11.9. The number of ether oxygens (including phenoxy) is 1. The lowest BCUT2D eigenvalue weighted by atomic mass is 10.1. The van der Waals surface area contributed by atoms with Crippen LogP contribution in [0.25, 0.3) is 0 Å². The first-order valence-electron chi connectivity index (χ1n) is 10.6. The first kappa shape index (κ1) is 22.0. The van der Waals surface area contributed by atoms with E-state index in [1.165, 1.54) is 5.56 Å². The molecule has 1 fully saturated rings. The minimum absolute atomic E-state index is 0.0157. The normalized spacial score (nSPS) is 14.4. The van der Waals surface area contributed by atoms with Crippen LogP contribution in [0, 0.1) is 11.3 Å². The van der Waals surface area contributed by atoms with Crippen molar-refractivity contribution < 1.29 is 9.53 Å². The molecule has 30 heavy (non-hydrogen) atoms. The van der Waals surface area contributed by atoms with E-state index < -0.39 is 0 Å². The van der Waals surface area contributed by atoms with Crippen LogP contribution < -0.4 is 5.32 Å². The fourth-order valence-electron chi connectivity index (χ4n) is 3.59. The molecule has 1 saturated heterocycles. The van der Waals surface area contributed by atoms with Crippen LogP contribution in [0.1, 0.15) is 30.0 Å². The van der Waals surface area contributed by atoms with Gasteiger partial charge in [-0.15, -0.1) is 0 Å². The van der Waals surface area contributed by atoms with Crippen LogP contribution in [-0.2, 0) is 22.6 Å². The Labute approximate surface area is 179 Å². The van der Waals surface area contributed by atoms with Crippen LogP contribution in [0.15, 0.2) is 48.5 Å². The number of hydrogen-bond donors (Lipinski definition) is 1. The molecule has 2 aromatic carbocycles. The maximum Gasteiger partial charge on any atom is 0.238 e. The fraction of sp³-hybridized carbons (Fsp3) is 0.417. The summed E-state index contributed by atoms with van der Waals surface area (Å²) in [6.45, 7) is 8.40. The van der Waals surface area contributed by atoms with Gasteiger partial charge in [0.25, 0.3) is 0 Å². The molecular weight excluding hydrogens is 376 g/mol. The largest absolute Gasteiger partial charge is 0.379 e. The van der Waals surface area contributed by atoms with Crippen molar-refractivity contribution in [1.82, 2.24) is 9.80 Å². The third-order valence-electron chi connectivity index (χ3n) is 5.14. The van der Waals surface area contributed by atoms with Gasteiger partial charge in [-0.25, -0.2) is 0 Å². The predicted molar refractivity (Wildman–Crippen MR) is 118 cm³/mol. The summed E-state index contributed by atoms with van der Waals surface area (Å²) in [6, 6.07) is 17.8. The summed E-state index contributed by atoms with van der Waals surface area (Å²) in [4.78, 5) is 17.1. The van der Waals surface area contributed by atoms with E-state index in [0.29, 0.717) is 18.7 Å². The summed E-state index contributed by atoms with van der Waals surface area (Å²) >= 11 is 0. The van der Waals surface area contributed by atoms with E-state index in [4.69, 9.17) is 10.00 Å². The summed E-state index contributed by atoms with van der Waals surface area (Å²) in [6.07, 6.45) is 0.972. The van der Waals surface area contributed by atoms with E-state index in [-0.39, 0.29) is 5.91 Å². The zero-order chi connectivity index (χ0) is 21.2. The van der Waals surface area contributed by atoms with Crippen LogP contribution in [0.2, 0.25) is 0 Å². The minimum atomic E-state index is -0.0157. The second kappa shape index (κ2) is 11.5. The van der Waals surface area contributed by atoms with Gasteiger partial charge in [0.1, 0.15) is 0 Å². The SMILES string of the molecule is CCCN(CC(=O)Nc1ccc(CN2CCOCC2)cc1)Cc1ccc(C#N)cc1. The van der Waals surface area contributed by atoms with Crippen molar-refractivity contribution in [2.24, 2.45) is 0 Å². The Bertz CT molecular complexity index is 837. The molecule has 6 heteroatoms. The van der Waals surface area contributed by atoms with Crippen LogP contribution in [0.4, 0.5) is 5.69 Å². The number of carbonyl (C=O) groups is 1.